The van der Waals surface area contributed by atoms with Crippen LogP contribution in [0.5, 0.6) is 11.5 Å². The number of halogens is 2. The van der Waals surface area contributed by atoms with E-state index in [0.717, 1.165) is 5.56 Å². The quantitative estimate of drug-likeness (QED) is 0.721. The van der Waals surface area contributed by atoms with Gasteiger partial charge in [0, 0.05) is 16.7 Å². The molecular weight excluding hydrogens is 377 g/mol. The predicted molar refractivity (Wildman–Crippen MR) is 102 cm³/mol. The Morgan fingerprint density at radius 3 is 2.62 bits per heavy atom. The molecule has 0 aliphatic carbocycles. The zero-order valence-electron chi connectivity index (χ0n) is 14.3. The lowest BCUT2D eigenvalue weighted by atomic mass is 10.0. The van der Waals surface area contributed by atoms with Gasteiger partial charge in [0.2, 0.25) is 5.91 Å². The Hall–Kier alpha value is -1.99. The monoisotopic (exact) mass is 395 g/mol. The highest BCUT2D eigenvalue weighted by atomic mass is 35.5. The molecule has 0 bridgehead atoms. The van der Waals surface area contributed by atoms with E-state index in [-0.39, 0.29) is 11.9 Å². The molecule has 3 N–H and O–H groups in total. The second-order valence-corrected chi connectivity index (χ2v) is 6.69. The first-order valence-electron chi connectivity index (χ1n) is 8.00. The number of amides is 1. The van der Waals surface area contributed by atoms with Crippen LogP contribution in [0.4, 0.5) is 5.69 Å². The number of nitrogens with one attached hydrogen (secondary N) is 3. The van der Waals surface area contributed by atoms with Crippen LogP contribution in [-0.2, 0) is 4.79 Å². The summed E-state index contributed by atoms with van der Waals surface area (Å²) in [5.41, 5.74) is 7.62. The maximum atomic E-state index is 12.5. The Balaban J connectivity index is 1.69. The van der Waals surface area contributed by atoms with Crippen LogP contribution in [0.3, 0.4) is 0 Å². The molecule has 6 nitrogen and oxygen atoms in total. The van der Waals surface area contributed by atoms with E-state index in [2.05, 4.69) is 16.2 Å². The van der Waals surface area contributed by atoms with Crippen LogP contribution in [0.25, 0.3) is 0 Å². The number of hydrogen-bond donors (Lipinski definition) is 3. The van der Waals surface area contributed by atoms with Crippen LogP contribution in [0.15, 0.2) is 36.4 Å². The van der Waals surface area contributed by atoms with E-state index in [0.29, 0.717) is 33.7 Å². The lowest BCUT2D eigenvalue weighted by molar-refractivity contribution is -0.117. The summed E-state index contributed by atoms with van der Waals surface area (Å²) in [6.45, 7) is 0. The van der Waals surface area contributed by atoms with Gasteiger partial charge in [-0.2, -0.15) is 0 Å². The van der Waals surface area contributed by atoms with Gasteiger partial charge in [-0.15, -0.1) is 0 Å². The van der Waals surface area contributed by atoms with Crippen molar-refractivity contribution in [1.82, 2.24) is 10.9 Å². The standard InChI is InChI=1S/C18H19Cl2N3O3/c1-25-11-4-5-12(17(8-11)26-2)15-9-16(23-22-15)18(24)21-14-6-3-10(19)7-13(14)20/h3-8,15-16,22-23H,9H2,1-2H3,(H,21,24). The van der Waals surface area contributed by atoms with E-state index in [1.807, 2.05) is 18.2 Å². The van der Waals surface area contributed by atoms with Gasteiger partial charge in [0.05, 0.1) is 31.0 Å². The Kier molecular flexibility index (Phi) is 5.88. The van der Waals surface area contributed by atoms with E-state index in [1.54, 1.807) is 32.4 Å². The lowest BCUT2D eigenvalue weighted by Gasteiger charge is -2.15. The van der Waals surface area contributed by atoms with Gasteiger partial charge in [-0.3, -0.25) is 4.79 Å². The number of hydrazine groups is 1. The Bertz CT molecular complexity index is 816. The third kappa shape index (κ3) is 4.04. The first-order valence-corrected chi connectivity index (χ1v) is 8.76. The molecule has 1 amide bonds. The second-order valence-electron chi connectivity index (χ2n) is 5.85. The lowest BCUT2D eigenvalue weighted by Crippen LogP contribution is -2.39. The van der Waals surface area contributed by atoms with Gasteiger partial charge < -0.3 is 14.8 Å². The summed E-state index contributed by atoms with van der Waals surface area (Å²) < 4.78 is 10.7. The molecule has 8 heteroatoms. The van der Waals surface area contributed by atoms with Crippen molar-refractivity contribution >= 4 is 34.8 Å². The molecule has 1 saturated heterocycles. The number of carbonyl (C=O) groups excluding carboxylic acids is 1. The minimum absolute atomic E-state index is 0.0766. The first kappa shape index (κ1) is 18.8. The fraction of sp³-hybridized carbons (Fsp3) is 0.278. The number of benzene rings is 2. The average Bonchev–Trinajstić information content (AvgIpc) is 3.13. The van der Waals surface area contributed by atoms with E-state index < -0.39 is 6.04 Å². The molecule has 2 unspecified atom stereocenters. The molecule has 1 aliphatic rings. The molecule has 1 fully saturated rings. The SMILES string of the molecule is COc1ccc(C2CC(C(=O)Nc3ccc(Cl)cc3Cl)NN2)c(OC)c1. The summed E-state index contributed by atoms with van der Waals surface area (Å²) in [5, 5.41) is 3.72. The summed E-state index contributed by atoms with van der Waals surface area (Å²) in [6, 6.07) is 10.0. The van der Waals surface area contributed by atoms with Crippen molar-refractivity contribution in [1.29, 1.82) is 0 Å². The topological polar surface area (TPSA) is 71.6 Å². The minimum Gasteiger partial charge on any atom is -0.497 e. The van der Waals surface area contributed by atoms with Gasteiger partial charge in [0.15, 0.2) is 0 Å². The van der Waals surface area contributed by atoms with Gasteiger partial charge in [-0.1, -0.05) is 29.3 Å². The number of carbonyl (C=O) groups is 1. The highest BCUT2D eigenvalue weighted by Crippen LogP contribution is 2.33. The van der Waals surface area contributed by atoms with Gasteiger partial charge in [0.1, 0.15) is 17.5 Å². The largest absolute Gasteiger partial charge is 0.497 e. The third-order valence-electron chi connectivity index (χ3n) is 4.22. The predicted octanol–water partition coefficient (Wildman–Crippen LogP) is 3.56. The summed E-state index contributed by atoms with van der Waals surface area (Å²) in [7, 11) is 3.21. The summed E-state index contributed by atoms with van der Waals surface area (Å²) >= 11 is 12.0. The zero-order valence-corrected chi connectivity index (χ0v) is 15.8. The molecule has 0 aromatic heterocycles. The van der Waals surface area contributed by atoms with Crippen LogP contribution in [0, 0.1) is 0 Å². The zero-order chi connectivity index (χ0) is 18.7. The van der Waals surface area contributed by atoms with Crippen LogP contribution in [-0.4, -0.2) is 26.2 Å². The number of methoxy groups -OCH3 is 2. The smallest absolute Gasteiger partial charge is 0.242 e. The highest BCUT2D eigenvalue weighted by Gasteiger charge is 2.32. The van der Waals surface area contributed by atoms with Gasteiger partial charge in [0.25, 0.3) is 0 Å². The highest BCUT2D eigenvalue weighted by molar-refractivity contribution is 6.36. The van der Waals surface area contributed by atoms with Crippen molar-refractivity contribution in [3.05, 3.63) is 52.0 Å². The second kappa shape index (κ2) is 8.14. The van der Waals surface area contributed by atoms with Crippen LogP contribution >= 0.6 is 23.2 Å². The maximum Gasteiger partial charge on any atom is 0.242 e. The van der Waals surface area contributed by atoms with Crippen molar-refractivity contribution in [2.45, 2.75) is 18.5 Å². The number of anilines is 1. The summed E-state index contributed by atoms with van der Waals surface area (Å²) in [5.74, 6) is 1.23. The minimum atomic E-state index is -0.418. The van der Waals surface area contributed by atoms with E-state index in [4.69, 9.17) is 32.7 Å². The number of hydrogen-bond acceptors (Lipinski definition) is 5. The molecular formula is C18H19Cl2N3O3. The Morgan fingerprint density at radius 1 is 1.12 bits per heavy atom. The first-order chi connectivity index (χ1) is 12.5. The van der Waals surface area contributed by atoms with E-state index in [9.17, 15) is 4.79 Å². The van der Waals surface area contributed by atoms with Crippen molar-refractivity contribution in [2.24, 2.45) is 0 Å². The molecule has 138 valence electrons. The van der Waals surface area contributed by atoms with Crippen molar-refractivity contribution in [3.63, 3.8) is 0 Å². The third-order valence-corrected chi connectivity index (χ3v) is 4.77. The molecule has 0 radical (unpaired) electrons. The van der Waals surface area contributed by atoms with Crippen LogP contribution in [0.1, 0.15) is 18.0 Å². The Labute approximate surface area is 161 Å². The number of rotatable bonds is 5. The normalized spacial score (nSPS) is 19.2. The fourth-order valence-electron chi connectivity index (χ4n) is 2.85. The van der Waals surface area contributed by atoms with Crippen LogP contribution in [0.2, 0.25) is 10.0 Å². The van der Waals surface area contributed by atoms with Crippen molar-refractivity contribution < 1.29 is 14.3 Å². The van der Waals surface area contributed by atoms with Gasteiger partial charge in [-0.05, 0) is 30.7 Å². The molecule has 0 saturated carbocycles. The average molecular weight is 396 g/mol. The summed E-state index contributed by atoms with van der Waals surface area (Å²) in [6.07, 6.45) is 0.555. The molecule has 2 aromatic rings. The number of ether oxygens (including phenoxy) is 2. The molecule has 2 aromatic carbocycles. The van der Waals surface area contributed by atoms with Gasteiger partial charge >= 0.3 is 0 Å². The van der Waals surface area contributed by atoms with E-state index in [1.165, 1.54) is 0 Å². The van der Waals surface area contributed by atoms with Crippen molar-refractivity contribution in [3.8, 4) is 11.5 Å². The molecule has 2 atom stereocenters. The van der Waals surface area contributed by atoms with Crippen molar-refractivity contribution in [2.75, 3.05) is 19.5 Å². The molecule has 1 heterocycles. The van der Waals surface area contributed by atoms with E-state index >= 15 is 0 Å². The maximum absolute atomic E-state index is 12.5. The molecule has 0 spiro atoms. The van der Waals surface area contributed by atoms with Crippen LogP contribution < -0.4 is 25.6 Å². The summed E-state index contributed by atoms with van der Waals surface area (Å²) in [4.78, 5) is 12.5. The van der Waals surface area contributed by atoms with Gasteiger partial charge in [-0.25, -0.2) is 10.9 Å². The molecule has 26 heavy (non-hydrogen) atoms. The fourth-order valence-corrected chi connectivity index (χ4v) is 3.30. The Morgan fingerprint density at radius 2 is 1.92 bits per heavy atom. The molecule has 1 aliphatic heterocycles. The molecule has 3 rings (SSSR count).